The van der Waals surface area contributed by atoms with Gasteiger partial charge in [-0.25, -0.2) is 0 Å². The summed E-state index contributed by atoms with van der Waals surface area (Å²) in [7, 11) is 0. The van der Waals surface area contributed by atoms with Crippen LogP contribution in [0.3, 0.4) is 0 Å². The maximum absolute atomic E-state index is 12.4. The van der Waals surface area contributed by atoms with E-state index in [2.05, 4.69) is 15.2 Å². The number of halogens is 3. The third-order valence-electron chi connectivity index (χ3n) is 3.22. The second-order valence-corrected chi connectivity index (χ2v) is 5.38. The van der Waals surface area contributed by atoms with E-state index in [4.69, 9.17) is 11.6 Å². The van der Waals surface area contributed by atoms with Crippen LogP contribution in [-0.2, 0) is 11.3 Å². The Morgan fingerprint density at radius 3 is 2.78 bits per heavy atom. The molecule has 0 spiro atoms. The predicted octanol–water partition coefficient (Wildman–Crippen LogP) is 3.78. The quantitative estimate of drug-likeness (QED) is 0.868. The van der Waals surface area contributed by atoms with E-state index in [1.165, 1.54) is 18.3 Å². The van der Waals surface area contributed by atoms with Gasteiger partial charge in [0.05, 0.1) is 29.1 Å². The molecule has 1 aromatic carbocycles. The highest BCUT2D eigenvalue weighted by atomic mass is 35.5. The number of alkyl halides is 2. The van der Waals surface area contributed by atoms with Crippen molar-refractivity contribution >= 4 is 23.2 Å². The molecule has 0 bridgehead atoms. The molecule has 1 aromatic heterocycles. The summed E-state index contributed by atoms with van der Waals surface area (Å²) in [6.07, 6.45) is 1.63. The van der Waals surface area contributed by atoms with Crippen LogP contribution in [0.5, 0.6) is 5.75 Å². The molecule has 2 aromatic rings. The van der Waals surface area contributed by atoms with Crippen molar-refractivity contribution in [3.05, 3.63) is 40.7 Å². The Labute approximate surface area is 137 Å². The summed E-state index contributed by atoms with van der Waals surface area (Å²) < 4.78 is 30.9. The van der Waals surface area contributed by atoms with Crippen molar-refractivity contribution in [3.8, 4) is 5.75 Å². The van der Waals surface area contributed by atoms with E-state index in [-0.39, 0.29) is 23.8 Å². The molecule has 1 amide bonds. The number of carbonyl (C=O) groups is 1. The molecule has 0 unspecified atom stereocenters. The molecule has 0 saturated heterocycles. The summed E-state index contributed by atoms with van der Waals surface area (Å²) in [5.74, 6) is -0.398. The standard InChI is InChI=1S/C15H16ClF2N3O2/c1-9-3-4-12(13(7-9)23-15(17)18)20-14(22)5-6-21-10(2)11(16)8-19-21/h3-4,7-8,15H,5-6H2,1-2H3,(H,20,22). The number of hydrogen-bond donors (Lipinski definition) is 1. The largest absolute Gasteiger partial charge is 0.433 e. The highest BCUT2D eigenvalue weighted by molar-refractivity contribution is 6.31. The summed E-state index contributed by atoms with van der Waals surface area (Å²) in [5.41, 5.74) is 1.72. The van der Waals surface area contributed by atoms with Crippen LogP contribution in [-0.4, -0.2) is 22.3 Å². The van der Waals surface area contributed by atoms with Crippen LogP contribution in [0.2, 0.25) is 5.02 Å². The summed E-state index contributed by atoms with van der Waals surface area (Å²) in [4.78, 5) is 12.0. The van der Waals surface area contributed by atoms with E-state index in [0.29, 0.717) is 11.6 Å². The predicted molar refractivity (Wildman–Crippen MR) is 83.0 cm³/mol. The molecule has 0 saturated carbocycles. The molecule has 0 atom stereocenters. The normalized spacial score (nSPS) is 10.9. The number of hydrogen-bond acceptors (Lipinski definition) is 3. The Morgan fingerprint density at radius 1 is 1.43 bits per heavy atom. The molecule has 5 nitrogen and oxygen atoms in total. The Bertz CT molecular complexity index is 704. The van der Waals surface area contributed by atoms with E-state index >= 15 is 0 Å². The van der Waals surface area contributed by atoms with Gasteiger partial charge in [-0.1, -0.05) is 17.7 Å². The van der Waals surface area contributed by atoms with Crippen molar-refractivity contribution in [2.75, 3.05) is 5.32 Å². The Kier molecular flexibility index (Phi) is 5.54. The van der Waals surface area contributed by atoms with Gasteiger partial charge in [-0.2, -0.15) is 13.9 Å². The van der Waals surface area contributed by atoms with Crippen molar-refractivity contribution in [2.24, 2.45) is 0 Å². The number of nitrogens with one attached hydrogen (secondary N) is 1. The lowest BCUT2D eigenvalue weighted by Crippen LogP contribution is -2.16. The van der Waals surface area contributed by atoms with Crippen molar-refractivity contribution in [2.45, 2.75) is 33.4 Å². The first-order chi connectivity index (χ1) is 10.9. The van der Waals surface area contributed by atoms with E-state index in [9.17, 15) is 13.6 Å². The molecular formula is C15H16ClF2N3O2. The fourth-order valence-electron chi connectivity index (χ4n) is 2.00. The van der Waals surface area contributed by atoms with Gasteiger partial charge in [-0.3, -0.25) is 9.48 Å². The monoisotopic (exact) mass is 343 g/mol. The van der Waals surface area contributed by atoms with Crippen molar-refractivity contribution in [1.29, 1.82) is 0 Å². The average Bonchev–Trinajstić information content (AvgIpc) is 2.79. The number of nitrogens with zero attached hydrogens (tertiary/aromatic N) is 2. The minimum atomic E-state index is -2.96. The fourth-order valence-corrected chi connectivity index (χ4v) is 2.14. The van der Waals surface area contributed by atoms with E-state index in [1.54, 1.807) is 24.6 Å². The van der Waals surface area contributed by atoms with Gasteiger partial charge in [-0.15, -0.1) is 0 Å². The lowest BCUT2D eigenvalue weighted by Gasteiger charge is -2.13. The Balaban J connectivity index is 2.01. The van der Waals surface area contributed by atoms with Crippen LogP contribution in [0.25, 0.3) is 0 Å². The molecule has 0 aliphatic carbocycles. The lowest BCUT2D eigenvalue weighted by atomic mass is 10.2. The van der Waals surface area contributed by atoms with Crippen molar-refractivity contribution < 1.29 is 18.3 Å². The number of aromatic nitrogens is 2. The average molecular weight is 344 g/mol. The van der Waals surface area contributed by atoms with Gasteiger partial charge in [-0.05, 0) is 31.5 Å². The van der Waals surface area contributed by atoms with Gasteiger partial charge >= 0.3 is 6.61 Å². The van der Waals surface area contributed by atoms with Gasteiger partial charge in [0.15, 0.2) is 0 Å². The second kappa shape index (κ2) is 7.41. The SMILES string of the molecule is Cc1ccc(NC(=O)CCn2ncc(Cl)c2C)c(OC(F)F)c1. The number of ether oxygens (including phenoxy) is 1. The zero-order valence-corrected chi connectivity index (χ0v) is 13.4. The van der Waals surface area contributed by atoms with Gasteiger partial charge in [0.2, 0.25) is 5.91 Å². The van der Waals surface area contributed by atoms with Crippen LogP contribution < -0.4 is 10.1 Å². The van der Waals surface area contributed by atoms with Gasteiger partial charge in [0, 0.05) is 6.42 Å². The summed E-state index contributed by atoms with van der Waals surface area (Å²) in [6.45, 7) is 0.915. The zero-order valence-electron chi connectivity index (χ0n) is 12.6. The molecule has 0 radical (unpaired) electrons. The van der Waals surface area contributed by atoms with Crippen molar-refractivity contribution in [3.63, 3.8) is 0 Å². The molecule has 0 aliphatic heterocycles. The molecule has 1 heterocycles. The van der Waals surface area contributed by atoms with Gasteiger partial charge in [0.25, 0.3) is 0 Å². The summed E-state index contributed by atoms with van der Waals surface area (Å²) in [5, 5.41) is 7.14. The molecule has 0 fully saturated rings. The lowest BCUT2D eigenvalue weighted by molar-refractivity contribution is -0.116. The molecule has 0 aliphatic rings. The van der Waals surface area contributed by atoms with Crippen molar-refractivity contribution in [1.82, 2.24) is 9.78 Å². The van der Waals surface area contributed by atoms with Gasteiger partial charge in [0.1, 0.15) is 5.75 Å². The number of anilines is 1. The first kappa shape index (κ1) is 17.2. The van der Waals surface area contributed by atoms with Crippen LogP contribution in [0.4, 0.5) is 14.5 Å². The highest BCUT2D eigenvalue weighted by Gasteiger charge is 2.13. The third-order valence-corrected chi connectivity index (χ3v) is 3.59. The number of rotatable bonds is 6. The van der Waals surface area contributed by atoms with Crippen LogP contribution in [0.15, 0.2) is 24.4 Å². The maximum atomic E-state index is 12.4. The number of aryl methyl sites for hydroxylation is 2. The Morgan fingerprint density at radius 2 is 2.17 bits per heavy atom. The first-order valence-electron chi connectivity index (χ1n) is 6.90. The topological polar surface area (TPSA) is 56.2 Å². The van der Waals surface area contributed by atoms with E-state index < -0.39 is 6.61 Å². The first-order valence-corrected chi connectivity index (χ1v) is 7.28. The summed E-state index contributed by atoms with van der Waals surface area (Å²) >= 11 is 5.89. The minimum absolute atomic E-state index is 0.0633. The summed E-state index contributed by atoms with van der Waals surface area (Å²) in [6, 6.07) is 4.67. The zero-order chi connectivity index (χ0) is 17.0. The van der Waals surface area contributed by atoms with Crippen LogP contribution in [0.1, 0.15) is 17.7 Å². The van der Waals surface area contributed by atoms with E-state index in [0.717, 1.165) is 11.3 Å². The highest BCUT2D eigenvalue weighted by Crippen LogP contribution is 2.27. The van der Waals surface area contributed by atoms with Gasteiger partial charge < -0.3 is 10.1 Å². The number of carbonyl (C=O) groups excluding carboxylic acids is 1. The second-order valence-electron chi connectivity index (χ2n) is 4.98. The maximum Gasteiger partial charge on any atom is 0.387 e. The number of benzene rings is 1. The molecule has 2 rings (SSSR count). The Hall–Kier alpha value is -2.15. The van der Waals surface area contributed by atoms with E-state index in [1.807, 2.05) is 0 Å². The third kappa shape index (κ3) is 4.66. The van der Waals surface area contributed by atoms with Crippen LogP contribution >= 0.6 is 11.6 Å². The van der Waals surface area contributed by atoms with Crippen LogP contribution in [0, 0.1) is 13.8 Å². The fraction of sp³-hybridized carbons (Fsp3) is 0.333. The smallest absolute Gasteiger partial charge is 0.387 e. The molecular weight excluding hydrogens is 328 g/mol. The molecule has 23 heavy (non-hydrogen) atoms. The molecule has 124 valence electrons. The molecule has 8 heteroatoms. The molecule has 1 N–H and O–H groups in total. The number of amides is 1. The minimum Gasteiger partial charge on any atom is -0.433 e.